The quantitative estimate of drug-likeness (QED) is 0.397. The zero-order valence-electron chi connectivity index (χ0n) is 16.2. The van der Waals surface area contributed by atoms with Crippen molar-refractivity contribution >= 4 is 55.7 Å². The number of benzene rings is 1. The molecule has 2 aliphatic heterocycles. The van der Waals surface area contributed by atoms with E-state index in [2.05, 4.69) is 35.9 Å². The number of nitrogens with one attached hydrogen (secondary N) is 3. The molecule has 1 aromatic carbocycles. The lowest BCUT2D eigenvalue weighted by Crippen LogP contribution is -2.25. The number of anilines is 1. The molecule has 3 N–H and O–H groups in total. The maximum absolute atomic E-state index is 12.4. The fourth-order valence-corrected chi connectivity index (χ4v) is 5.23. The van der Waals surface area contributed by atoms with Crippen LogP contribution in [0.5, 0.6) is 11.8 Å². The molecule has 0 atom stereocenters. The topological polar surface area (TPSA) is 114 Å². The average molecular weight is 454 g/mol. The molecule has 0 unspecified atom stereocenters. The van der Waals surface area contributed by atoms with E-state index < -0.39 is 0 Å². The van der Waals surface area contributed by atoms with Gasteiger partial charge in [-0.05, 0) is 36.7 Å². The SMILES string of the molecule is O=C1NCCNc2c1sc1ccc3nc(Oc4nc(Cl)nc5c4CCNC5)cnc3c21. The molecule has 5 heterocycles. The predicted molar refractivity (Wildman–Crippen MR) is 118 cm³/mol. The van der Waals surface area contributed by atoms with Gasteiger partial charge >= 0.3 is 0 Å². The summed E-state index contributed by atoms with van der Waals surface area (Å²) in [5.74, 6) is 0.672. The molecule has 11 heteroatoms. The summed E-state index contributed by atoms with van der Waals surface area (Å²) >= 11 is 7.53. The Hall–Kier alpha value is -3.08. The number of thiophene rings is 1. The summed E-state index contributed by atoms with van der Waals surface area (Å²) in [6, 6.07) is 3.84. The molecule has 0 bridgehead atoms. The van der Waals surface area contributed by atoms with Crippen molar-refractivity contribution < 1.29 is 9.53 Å². The molecule has 4 aromatic rings. The Morgan fingerprint density at radius 3 is 2.94 bits per heavy atom. The van der Waals surface area contributed by atoms with Crippen molar-refractivity contribution in [2.24, 2.45) is 0 Å². The minimum absolute atomic E-state index is 0.0674. The summed E-state index contributed by atoms with van der Waals surface area (Å²) in [6.07, 6.45) is 2.32. The Morgan fingerprint density at radius 1 is 1.10 bits per heavy atom. The average Bonchev–Trinajstić information content (AvgIpc) is 3.06. The zero-order chi connectivity index (χ0) is 20.9. The number of carbonyl (C=O) groups is 1. The summed E-state index contributed by atoms with van der Waals surface area (Å²) in [7, 11) is 0. The fraction of sp³-hybridized carbons (Fsp3) is 0.250. The van der Waals surface area contributed by atoms with Crippen LogP contribution < -0.4 is 20.7 Å². The number of halogens is 1. The molecule has 0 radical (unpaired) electrons. The second-order valence-electron chi connectivity index (χ2n) is 7.26. The maximum atomic E-state index is 12.4. The van der Waals surface area contributed by atoms with Crippen LogP contribution in [0.15, 0.2) is 18.3 Å². The molecule has 0 fully saturated rings. The van der Waals surface area contributed by atoms with Gasteiger partial charge in [0.15, 0.2) is 0 Å². The van der Waals surface area contributed by atoms with Crippen LogP contribution in [0.2, 0.25) is 5.28 Å². The van der Waals surface area contributed by atoms with Crippen molar-refractivity contribution in [1.82, 2.24) is 30.6 Å². The Morgan fingerprint density at radius 2 is 2.00 bits per heavy atom. The third kappa shape index (κ3) is 3.14. The van der Waals surface area contributed by atoms with E-state index in [1.165, 1.54) is 11.3 Å². The second kappa shape index (κ2) is 7.26. The highest BCUT2D eigenvalue weighted by Gasteiger charge is 2.23. The van der Waals surface area contributed by atoms with Crippen molar-refractivity contribution in [2.45, 2.75) is 13.0 Å². The molecule has 1 amide bonds. The lowest BCUT2D eigenvalue weighted by Gasteiger charge is -2.18. The Labute approximate surface area is 185 Å². The highest BCUT2D eigenvalue weighted by atomic mass is 35.5. The number of nitrogens with zero attached hydrogens (tertiary/aromatic N) is 4. The zero-order valence-corrected chi connectivity index (χ0v) is 17.7. The van der Waals surface area contributed by atoms with Gasteiger partial charge in [-0.1, -0.05) is 0 Å². The number of aromatic nitrogens is 4. The number of fused-ring (bicyclic) bond motifs is 6. The van der Waals surface area contributed by atoms with Gasteiger partial charge in [0.1, 0.15) is 4.88 Å². The summed E-state index contributed by atoms with van der Waals surface area (Å²) in [5, 5.41) is 10.6. The lowest BCUT2D eigenvalue weighted by molar-refractivity contribution is 0.0962. The number of hydrogen-bond donors (Lipinski definition) is 3. The summed E-state index contributed by atoms with van der Waals surface area (Å²) in [6.45, 7) is 2.68. The molecule has 0 saturated heterocycles. The van der Waals surface area contributed by atoms with Gasteiger partial charge in [0.25, 0.3) is 5.91 Å². The van der Waals surface area contributed by atoms with Crippen LogP contribution in [-0.4, -0.2) is 45.5 Å². The van der Waals surface area contributed by atoms with Gasteiger partial charge in [-0.15, -0.1) is 11.3 Å². The van der Waals surface area contributed by atoms with E-state index in [1.54, 1.807) is 6.20 Å². The van der Waals surface area contributed by atoms with Gasteiger partial charge in [-0.25, -0.2) is 15.0 Å². The number of ether oxygens (including phenoxy) is 1. The van der Waals surface area contributed by atoms with Crippen LogP contribution in [0.1, 0.15) is 20.9 Å². The third-order valence-corrected chi connectivity index (χ3v) is 6.66. The van der Waals surface area contributed by atoms with Crippen molar-refractivity contribution in [2.75, 3.05) is 25.0 Å². The van der Waals surface area contributed by atoms with Gasteiger partial charge in [0, 0.05) is 35.3 Å². The molecule has 6 rings (SSSR count). The molecule has 156 valence electrons. The number of amides is 1. The van der Waals surface area contributed by atoms with Gasteiger partial charge in [0.05, 0.1) is 28.6 Å². The molecule has 9 nitrogen and oxygen atoms in total. The third-order valence-electron chi connectivity index (χ3n) is 5.33. The minimum Gasteiger partial charge on any atom is -0.419 e. The van der Waals surface area contributed by atoms with Crippen LogP contribution >= 0.6 is 22.9 Å². The maximum Gasteiger partial charge on any atom is 0.263 e. The molecular formula is C20H16ClN7O2S. The predicted octanol–water partition coefficient (Wildman–Crippen LogP) is 2.88. The smallest absolute Gasteiger partial charge is 0.263 e. The summed E-state index contributed by atoms with van der Waals surface area (Å²) in [5.41, 5.74) is 3.97. The Bertz CT molecular complexity index is 1370. The lowest BCUT2D eigenvalue weighted by atomic mass is 10.1. The van der Waals surface area contributed by atoms with E-state index >= 15 is 0 Å². The summed E-state index contributed by atoms with van der Waals surface area (Å²) < 4.78 is 6.98. The van der Waals surface area contributed by atoms with Crippen LogP contribution in [0.4, 0.5) is 5.69 Å². The first-order chi connectivity index (χ1) is 15.2. The van der Waals surface area contributed by atoms with Crippen LogP contribution in [-0.2, 0) is 13.0 Å². The number of carbonyl (C=O) groups excluding carboxylic acids is 1. The van der Waals surface area contributed by atoms with Crippen molar-refractivity contribution in [3.8, 4) is 11.8 Å². The molecule has 3 aromatic heterocycles. The van der Waals surface area contributed by atoms with Gasteiger partial charge in [0.2, 0.25) is 17.0 Å². The van der Waals surface area contributed by atoms with Gasteiger partial charge in [-0.2, -0.15) is 4.98 Å². The van der Waals surface area contributed by atoms with Gasteiger partial charge < -0.3 is 20.7 Å². The molecule has 0 saturated carbocycles. The Kier molecular flexibility index (Phi) is 4.37. The standard InChI is InChI=1S/C20H16ClN7O2S/c21-20-27-11-7-22-4-3-9(11)19(28-20)30-13-8-25-15-10(26-13)1-2-12-14(15)16-17(31-12)18(29)24-6-5-23-16/h1-2,8,22-23H,3-7H2,(H,24,29). The molecule has 0 aliphatic carbocycles. The van der Waals surface area contributed by atoms with E-state index in [9.17, 15) is 4.79 Å². The highest BCUT2D eigenvalue weighted by molar-refractivity contribution is 7.21. The normalized spacial score (nSPS) is 15.7. The van der Waals surface area contributed by atoms with Crippen molar-refractivity contribution in [3.63, 3.8) is 0 Å². The second-order valence-corrected chi connectivity index (χ2v) is 8.65. The van der Waals surface area contributed by atoms with Crippen LogP contribution in [0.3, 0.4) is 0 Å². The van der Waals surface area contributed by atoms with E-state index in [4.69, 9.17) is 16.3 Å². The van der Waals surface area contributed by atoms with Crippen molar-refractivity contribution in [3.05, 3.63) is 39.7 Å². The summed E-state index contributed by atoms with van der Waals surface area (Å²) in [4.78, 5) is 30.9. The fourth-order valence-electron chi connectivity index (χ4n) is 3.95. The highest BCUT2D eigenvalue weighted by Crippen LogP contribution is 2.40. The van der Waals surface area contributed by atoms with E-state index in [1.807, 2.05) is 12.1 Å². The Balaban J connectivity index is 1.44. The molecule has 0 spiro atoms. The molecule has 2 aliphatic rings. The first-order valence-corrected chi connectivity index (χ1v) is 11.0. The van der Waals surface area contributed by atoms with Gasteiger partial charge in [-0.3, -0.25) is 4.79 Å². The minimum atomic E-state index is -0.0674. The van der Waals surface area contributed by atoms with E-state index in [-0.39, 0.29) is 11.2 Å². The van der Waals surface area contributed by atoms with Crippen LogP contribution in [0, 0.1) is 0 Å². The first kappa shape index (κ1) is 18.7. The molecule has 31 heavy (non-hydrogen) atoms. The number of rotatable bonds is 2. The monoisotopic (exact) mass is 453 g/mol. The van der Waals surface area contributed by atoms with Crippen LogP contribution in [0.25, 0.3) is 21.1 Å². The first-order valence-electron chi connectivity index (χ1n) is 9.85. The van der Waals surface area contributed by atoms with Crippen molar-refractivity contribution in [1.29, 1.82) is 0 Å². The number of hydrogen-bond acceptors (Lipinski definition) is 9. The largest absolute Gasteiger partial charge is 0.419 e. The van der Waals surface area contributed by atoms with E-state index in [0.29, 0.717) is 41.8 Å². The van der Waals surface area contributed by atoms with E-state index in [0.717, 1.165) is 45.5 Å². The molecular weight excluding hydrogens is 438 g/mol.